The van der Waals surface area contributed by atoms with Crippen LogP contribution in [0.4, 0.5) is 0 Å². The van der Waals surface area contributed by atoms with Crippen molar-refractivity contribution in [3.63, 3.8) is 0 Å². The fourth-order valence-electron chi connectivity index (χ4n) is 1.06. The molecule has 1 rings (SSSR count). The van der Waals surface area contributed by atoms with Crippen molar-refractivity contribution >= 4 is 6.47 Å². The second-order valence-corrected chi connectivity index (χ2v) is 2.22. The number of rotatable bonds is 0. The molecule has 0 aliphatic heterocycles. The smallest absolute Gasteiger partial charge is 0.554 e. The molecular weight excluding hydrogens is 155 g/mol. The molecule has 0 saturated heterocycles. The van der Waals surface area contributed by atoms with E-state index in [1.807, 2.05) is 0 Å². The van der Waals surface area contributed by atoms with Gasteiger partial charge in [-0.15, -0.1) is 0 Å². The van der Waals surface area contributed by atoms with Gasteiger partial charge in [0, 0.05) is 6.47 Å². The van der Waals surface area contributed by atoms with E-state index < -0.39 is 6.47 Å². The maximum absolute atomic E-state index is 8.25. The standard InChI is InChI=1S/C6H12.CH2O2.K/c1-2-4-6-5-3-1;2-1-3;/h1-6H2;1H,(H,2,3);/q;;+1/p-1. The molecule has 1 aliphatic carbocycles. The molecule has 0 bridgehead atoms. The largest absolute Gasteiger partial charge is 1.00 e. The third-order valence-corrected chi connectivity index (χ3v) is 1.50. The number of carbonyl (C=O) groups excluding carboxylic acids is 1. The van der Waals surface area contributed by atoms with Crippen molar-refractivity contribution in [2.24, 2.45) is 0 Å². The van der Waals surface area contributed by atoms with Crippen molar-refractivity contribution in [3.05, 3.63) is 0 Å². The van der Waals surface area contributed by atoms with Crippen LogP contribution in [-0.2, 0) is 4.79 Å². The van der Waals surface area contributed by atoms with Gasteiger partial charge in [0.15, 0.2) is 0 Å². The minimum atomic E-state index is -0.500. The summed E-state index contributed by atoms with van der Waals surface area (Å²) in [4.78, 5) is 8.25. The molecule has 1 aliphatic rings. The average Bonchev–Trinajstić information content (AvgIpc) is 1.93. The van der Waals surface area contributed by atoms with Gasteiger partial charge in [0.2, 0.25) is 0 Å². The van der Waals surface area contributed by atoms with Gasteiger partial charge < -0.3 is 9.90 Å². The number of hydrogen-bond acceptors (Lipinski definition) is 2. The normalized spacial score (nSPS) is 15.6. The molecule has 1 saturated carbocycles. The fraction of sp³-hybridized carbons (Fsp3) is 0.857. The zero-order chi connectivity index (χ0) is 6.95. The zero-order valence-corrected chi connectivity index (χ0v) is 9.76. The predicted molar refractivity (Wildman–Crippen MR) is 33.8 cm³/mol. The molecule has 3 heteroatoms. The third kappa shape index (κ3) is 11.8. The molecule has 0 spiro atoms. The molecule has 10 heavy (non-hydrogen) atoms. The van der Waals surface area contributed by atoms with Crippen LogP contribution < -0.4 is 56.5 Å². The Hall–Kier alpha value is 1.11. The molecule has 2 nitrogen and oxygen atoms in total. The van der Waals surface area contributed by atoms with Crippen molar-refractivity contribution in [2.45, 2.75) is 38.5 Å². The molecule has 0 radical (unpaired) electrons. The van der Waals surface area contributed by atoms with E-state index in [0.717, 1.165) is 0 Å². The van der Waals surface area contributed by atoms with E-state index in [2.05, 4.69) is 0 Å². The number of hydrogen-bond donors (Lipinski definition) is 0. The molecule has 1 fully saturated rings. The summed E-state index contributed by atoms with van der Waals surface area (Å²) in [5.41, 5.74) is 0. The maximum atomic E-state index is 8.25. The monoisotopic (exact) mass is 168 g/mol. The summed E-state index contributed by atoms with van der Waals surface area (Å²) in [6, 6.07) is 0. The third-order valence-electron chi connectivity index (χ3n) is 1.50. The Kier molecular flexibility index (Phi) is 17.4. The molecule has 0 unspecified atom stereocenters. The first-order valence-electron chi connectivity index (χ1n) is 3.47. The van der Waals surface area contributed by atoms with Crippen molar-refractivity contribution in [2.75, 3.05) is 0 Å². The first kappa shape index (κ1) is 13.7. The molecule has 0 N–H and O–H groups in total. The van der Waals surface area contributed by atoms with Crippen LogP contribution in [-0.4, -0.2) is 6.47 Å². The first-order valence-corrected chi connectivity index (χ1v) is 3.47. The molecule has 0 atom stereocenters. The van der Waals surface area contributed by atoms with Gasteiger partial charge in [0.05, 0.1) is 0 Å². The number of carbonyl (C=O) groups is 1. The van der Waals surface area contributed by atoms with E-state index in [9.17, 15) is 0 Å². The summed E-state index contributed by atoms with van der Waals surface area (Å²) < 4.78 is 0. The van der Waals surface area contributed by atoms with E-state index >= 15 is 0 Å². The van der Waals surface area contributed by atoms with Crippen LogP contribution in [0, 0.1) is 0 Å². The second-order valence-electron chi connectivity index (χ2n) is 2.22. The predicted octanol–water partition coefficient (Wildman–Crippen LogP) is -2.29. The van der Waals surface area contributed by atoms with Crippen LogP contribution in [0.5, 0.6) is 0 Å². The van der Waals surface area contributed by atoms with E-state index in [-0.39, 0.29) is 51.4 Å². The summed E-state index contributed by atoms with van der Waals surface area (Å²) in [6.07, 6.45) is 9.00. The van der Waals surface area contributed by atoms with Gasteiger partial charge >= 0.3 is 51.4 Å². The Balaban J connectivity index is 0. The van der Waals surface area contributed by atoms with E-state index in [4.69, 9.17) is 9.90 Å². The van der Waals surface area contributed by atoms with E-state index in [1.165, 1.54) is 38.5 Å². The Morgan fingerprint density at radius 2 is 1.00 bits per heavy atom. The van der Waals surface area contributed by atoms with Gasteiger partial charge in [0.25, 0.3) is 0 Å². The van der Waals surface area contributed by atoms with Gasteiger partial charge in [0.1, 0.15) is 0 Å². The van der Waals surface area contributed by atoms with E-state index in [0.29, 0.717) is 0 Å². The van der Waals surface area contributed by atoms with Crippen LogP contribution in [0.2, 0.25) is 0 Å². The molecule has 54 valence electrons. The minimum absolute atomic E-state index is 0. The summed E-state index contributed by atoms with van der Waals surface area (Å²) >= 11 is 0. The van der Waals surface area contributed by atoms with Crippen molar-refractivity contribution < 1.29 is 61.3 Å². The fourth-order valence-corrected chi connectivity index (χ4v) is 1.06. The Bertz CT molecular complexity index is 51.1. The minimum Gasteiger partial charge on any atom is -0.554 e. The van der Waals surface area contributed by atoms with Gasteiger partial charge in [-0.2, -0.15) is 0 Å². The summed E-state index contributed by atoms with van der Waals surface area (Å²) in [6.45, 7) is -0.500. The van der Waals surface area contributed by atoms with Crippen molar-refractivity contribution in [1.82, 2.24) is 0 Å². The summed E-state index contributed by atoms with van der Waals surface area (Å²) in [5, 5.41) is 8.25. The number of carboxylic acid groups (broad SMARTS) is 1. The summed E-state index contributed by atoms with van der Waals surface area (Å²) in [5.74, 6) is 0. The quantitative estimate of drug-likeness (QED) is 0.302. The van der Waals surface area contributed by atoms with Crippen LogP contribution in [0.25, 0.3) is 0 Å². The molecular formula is C7H13KO2. The molecule has 0 aromatic heterocycles. The maximum Gasteiger partial charge on any atom is 1.00 e. The molecule has 0 aromatic carbocycles. The topological polar surface area (TPSA) is 40.1 Å². The second kappa shape index (κ2) is 12.8. The van der Waals surface area contributed by atoms with Gasteiger partial charge in [-0.25, -0.2) is 0 Å². The SMILES string of the molecule is C1CCCCC1.O=C[O-].[K+]. The van der Waals surface area contributed by atoms with Crippen LogP contribution in [0.3, 0.4) is 0 Å². The molecule has 0 amide bonds. The Morgan fingerprint density at radius 1 is 0.900 bits per heavy atom. The first-order chi connectivity index (χ1) is 4.41. The van der Waals surface area contributed by atoms with Crippen LogP contribution >= 0.6 is 0 Å². The average molecular weight is 168 g/mol. The Labute approximate surface area is 105 Å². The zero-order valence-electron chi connectivity index (χ0n) is 6.64. The van der Waals surface area contributed by atoms with Gasteiger partial charge in [-0.3, -0.25) is 0 Å². The summed E-state index contributed by atoms with van der Waals surface area (Å²) in [7, 11) is 0. The van der Waals surface area contributed by atoms with Crippen LogP contribution in [0.1, 0.15) is 38.5 Å². The van der Waals surface area contributed by atoms with Gasteiger partial charge in [-0.05, 0) is 0 Å². The van der Waals surface area contributed by atoms with Crippen molar-refractivity contribution in [3.8, 4) is 0 Å². The molecule has 0 aromatic rings. The van der Waals surface area contributed by atoms with E-state index in [1.54, 1.807) is 0 Å². The molecule has 0 heterocycles. The Morgan fingerprint density at radius 3 is 1.10 bits per heavy atom. The van der Waals surface area contributed by atoms with Gasteiger partial charge in [-0.1, -0.05) is 38.5 Å². The van der Waals surface area contributed by atoms with Crippen LogP contribution in [0.15, 0.2) is 0 Å². The van der Waals surface area contributed by atoms with Crippen molar-refractivity contribution in [1.29, 1.82) is 0 Å².